The molecule has 2 amide bonds. The molecule has 0 aliphatic rings. The highest BCUT2D eigenvalue weighted by molar-refractivity contribution is 5.96. The van der Waals surface area contributed by atoms with Crippen LogP contribution in [-0.4, -0.2) is 58.9 Å². The molecule has 0 saturated heterocycles. The number of ether oxygens (including phenoxy) is 2. The molecule has 46 heavy (non-hydrogen) atoms. The second kappa shape index (κ2) is 14.8. The van der Waals surface area contributed by atoms with Crippen molar-refractivity contribution >= 4 is 11.8 Å². The number of carbonyl (C=O) groups is 2. The van der Waals surface area contributed by atoms with Gasteiger partial charge in [-0.3, -0.25) is 14.6 Å². The highest BCUT2D eigenvalue weighted by Gasteiger charge is 2.42. The van der Waals surface area contributed by atoms with E-state index in [1.165, 1.54) is 36.5 Å². The van der Waals surface area contributed by atoms with Gasteiger partial charge < -0.3 is 25.6 Å². The summed E-state index contributed by atoms with van der Waals surface area (Å²) in [6, 6.07) is 13.7. The number of hydrogen-bond acceptors (Lipinski definition) is 7. The number of benzene rings is 2. The van der Waals surface area contributed by atoms with Crippen molar-refractivity contribution in [2.24, 2.45) is 5.73 Å². The van der Waals surface area contributed by atoms with Gasteiger partial charge in [0.15, 0.2) is 0 Å². The maximum absolute atomic E-state index is 14.6. The number of alkyl halides is 3. The second-order valence-electron chi connectivity index (χ2n) is 10.4. The molecule has 0 aliphatic carbocycles. The standard InChI is InChI=1S/C33H32F4N4O5/c1-3-45-31-23(15-29(38)43)14-27(41-30(31)20-6-9-24(34)10-7-20)26(33(35,36)37)17-40-32(44)21-8-11-28(46-18-19(2)42)25(13-21)22-5-4-12-39-16-22/h4-14,16,19,26,42H,3,15,17-18H2,1-2H3,(H2,38,43)(H,40,44)/t19-,26-/m1/s1. The molecule has 0 radical (unpaired) electrons. The number of nitrogens with zero attached hydrogens (tertiary/aromatic N) is 2. The fourth-order valence-corrected chi connectivity index (χ4v) is 4.65. The average molecular weight is 641 g/mol. The lowest BCUT2D eigenvalue weighted by molar-refractivity contribution is -0.149. The number of rotatable bonds is 13. The zero-order valence-electron chi connectivity index (χ0n) is 25.0. The van der Waals surface area contributed by atoms with Crippen molar-refractivity contribution in [2.75, 3.05) is 19.8 Å². The third-order valence-electron chi connectivity index (χ3n) is 6.75. The topological polar surface area (TPSA) is 137 Å². The van der Waals surface area contributed by atoms with Crippen LogP contribution in [0, 0.1) is 5.82 Å². The Kier molecular flexibility index (Phi) is 10.9. The summed E-state index contributed by atoms with van der Waals surface area (Å²) in [4.78, 5) is 33.5. The first-order chi connectivity index (χ1) is 21.9. The van der Waals surface area contributed by atoms with Gasteiger partial charge in [-0.1, -0.05) is 6.07 Å². The monoisotopic (exact) mass is 640 g/mol. The molecule has 4 rings (SSSR count). The highest BCUT2D eigenvalue weighted by atomic mass is 19.4. The number of carbonyl (C=O) groups excluding carboxylic acids is 2. The Morgan fingerprint density at radius 1 is 1.04 bits per heavy atom. The molecular weight excluding hydrogens is 608 g/mol. The molecule has 13 heteroatoms. The summed E-state index contributed by atoms with van der Waals surface area (Å²) in [5.74, 6) is -4.10. The van der Waals surface area contributed by atoms with Crippen molar-refractivity contribution in [1.82, 2.24) is 15.3 Å². The van der Waals surface area contributed by atoms with E-state index >= 15 is 0 Å². The van der Waals surface area contributed by atoms with Gasteiger partial charge in [0.2, 0.25) is 5.91 Å². The fraction of sp³-hybridized carbons (Fsp3) is 0.273. The van der Waals surface area contributed by atoms with Crippen molar-refractivity contribution in [3.05, 3.63) is 95.7 Å². The summed E-state index contributed by atoms with van der Waals surface area (Å²) in [6.45, 7) is 2.37. The van der Waals surface area contributed by atoms with Gasteiger partial charge in [0.25, 0.3) is 5.91 Å². The first kappa shape index (κ1) is 33.8. The van der Waals surface area contributed by atoms with Gasteiger partial charge in [-0.05, 0) is 68.4 Å². The van der Waals surface area contributed by atoms with E-state index in [0.717, 1.165) is 18.2 Å². The Balaban J connectivity index is 1.71. The molecule has 4 aromatic rings. The summed E-state index contributed by atoms with van der Waals surface area (Å²) < 4.78 is 68.7. The van der Waals surface area contributed by atoms with Crippen molar-refractivity contribution in [1.29, 1.82) is 0 Å². The van der Waals surface area contributed by atoms with E-state index < -0.39 is 54.5 Å². The van der Waals surface area contributed by atoms with Crippen LogP contribution in [0.1, 0.15) is 41.4 Å². The maximum atomic E-state index is 14.6. The van der Waals surface area contributed by atoms with E-state index in [9.17, 15) is 32.3 Å². The smallest absolute Gasteiger partial charge is 0.398 e. The third-order valence-corrected chi connectivity index (χ3v) is 6.75. The Labute approximate surface area is 262 Å². The number of nitrogens with one attached hydrogen (secondary N) is 1. The molecule has 0 aliphatic heterocycles. The lowest BCUT2D eigenvalue weighted by atomic mass is 9.97. The Morgan fingerprint density at radius 3 is 2.39 bits per heavy atom. The summed E-state index contributed by atoms with van der Waals surface area (Å²) in [7, 11) is 0. The number of amides is 2. The van der Waals surface area contributed by atoms with Crippen LogP contribution in [0.4, 0.5) is 17.6 Å². The Hall–Kier alpha value is -5.04. The van der Waals surface area contributed by atoms with Gasteiger partial charge in [-0.15, -0.1) is 0 Å². The first-order valence-electron chi connectivity index (χ1n) is 14.3. The number of aliphatic hydroxyl groups is 1. The van der Waals surface area contributed by atoms with Crippen LogP contribution in [0.25, 0.3) is 22.4 Å². The molecule has 0 bridgehead atoms. The van der Waals surface area contributed by atoms with E-state index in [0.29, 0.717) is 16.9 Å². The summed E-state index contributed by atoms with van der Waals surface area (Å²) in [5.41, 5.74) is 6.26. The summed E-state index contributed by atoms with van der Waals surface area (Å²) >= 11 is 0. The second-order valence-corrected chi connectivity index (χ2v) is 10.4. The molecule has 2 aromatic heterocycles. The zero-order chi connectivity index (χ0) is 33.4. The van der Waals surface area contributed by atoms with Crippen LogP contribution in [-0.2, 0) is 11.2 Å². The van der Waals surface area contributed by atoms with Gasteiger partial charge >= 0.3 is 6.18 Å². The molecular formula is C33H32F4N4O5. The Morgan fingerprint density at radius 2 is 1.78 bits per heavy atom. The van der Waals surface area contributed by atoms with Gasteiger partial charge in [-0.25, -0.2) is 9.37 Å². The van der Waals surface area contributed by atoms with Crippen molar-refractivity contribution < 1.29 is 41.7 Å². The first-order valence-corrected chi connectivity index (χ1v) is 14.3. The van der Waals surface area contributed by atoms with Crippen molar-refractivity contribution in [3.63, 3.8) is 0 Å². The maximum Gasteiger partial charge on any atom is 0.398 e. The number of aromatic nitrogens is 2. The molecule has 0 saturated carbocycles. The third kappa shape index (κ3) is 8.57. The lowest BCUT2D eigenvalue weighted by Gasteiger charge is -2.23. The number of halogens is 4. The molecule has 0 fully saturated rings. The van der Waals surface area contributed by atoms with Crippen molar-refractivity contribution in [2.45, 2.75) is 38.5 Å². The quantitative estimate of drug-likeness (QED) is 0.171. The normalized spacial score (nSPS) is 12.7. The number of nitrogens with two attached hydrogens (primary N) is 1. The van der Waals surface area contributed by atoms with Crippen LogP contribution < -0.4 is 20.5 Å². The fourth-order valence-electron chi connectivity index (χ4n) is 4.65. The van der Waals surface area contributed by atoms with Gasteiger partial charge in [0.1, 0.15) is 35.5 Å². The minimum Gasteiger partial charge on any atom is -0.491 e. The number of aliphatic hydroxyl groups excluding tert-OH is 1. The average Bonchev–Trinajstić information content (AvgIpc) is 3.01. The summed E-state index contributed by atoms with van der Waals surface area (Å²) in [5, 5.41) is 12.0. The molecule has 2 atom stereocenters. The van der Waals surface area contributed by atoms with Crippen LogP contribution in [0.5, 0.6) is 11.5 Å². The molecule has 242 valence electrons. The molecule has 9 nitrogen and oxygen atoms in total. The predicted octanol–water partition coefficient (Wildman–Crippen LogP) is 5.21. The van der Waals surface area contributed by atoms with E-state index in [1.807, 2.05) is 0 Å². The predicted molar refractivity (Wildman–Crippen MR) is 162 cm³/mol. The molecule has 2 heterocycles. The van der Waals surface area contributed by atoms with Crippen molar-refractivity contribution in [3.8, 4) is 33.9 Å². The lowest BCUT2D eigenvalue weighted by Crippen LogP contribution is -2.35. The molecule has 0 spiro atoms. The molecule has 2 aromatic carbocycles. The van der Waals surface area contributed by atoms with Crippen LogP contribution in [0.2, 0.25) is 0 Å². The van der Waals surface area contributed by atoms with Crippen LogP contribution in [0.3, 0.4) is 0 Å². The number of hydrogen-bond donors (Lipinski definition) is 3. The largest absolute Gasteiger partial charge is 0.491 e. The SMILES string of the molecule is CCOc1c(CC(N)=O)cc([C@@H](CNC(=O)c2ccc(OC[C@@H](C)O)c(-c3cccnc3)c2)C(F)(F)F)nc1-c1ccc(F)cc1. The van der Waals surface area contributed by atoms with E-state index in [-0.39, 0.29) is 41.3 Å². The zero-order valence-corrected chi connectivity index (χ0v) is 25.0. The number of pyridine rings is 2. The van der Waals surface area contributed by atoms with Gasteiger partial charge in [-0.2, -0.15) is 13.2 Å². The molecule has 4 N–H and O–H groups in total. The minimum absolute atomic E-state index is 0.0290. The van der Waals surface area contributed by atoms with E-state index in [1.54, 1.807) is 32.2 Å². The molecule has 0 unspecified atom stereocenters. The summed E-state index contributed by atoms with van der Waals surface area (Å²) in [6.07, 6.45) is -3.01. The van der Waals surface area contributed by atoms with Gasteiger partial charge in [0.05, 0.1) is 24.8 Å². The van der Waals surface area contributed by atoms with Crippen LogP contribution in [0.15, 0.2) is 73.1 Å². The number of primary amides is 1. The van der Waals surface area contributed by atoms with Crippen LogP contribution >= 0.6 is 0 Å². The van der Waals surface area contributed by atoms with E-state index in [4.69, 9.17) is 15.2 Å². The minimum atomic E-state index is -4.88. The Bertz CT molecular complexity index is 1670. The van der Waals surface area contributed by atoms with Gasteiger partial charge in [0, 0.05) is 46.8 Å². The highest BCUT2D eigenvalue weighted by Crippen LogP contribution is 2.39. The van der Waals surface area contributed by atoms with E-state index in [2.05, 4.69) is 15.3 Å².